The summed E-state index contributed by atoms with van der Waals surface area (Å²) in [4.78, 5) is 21.6. The maximum atomic E-state index is 11.1. The molecule has 25 heavy (non-hydrogen) atoms. The topological polar surface area (TPSA) is 97.4 Å². The van der Waals surface area contributed by atoms with Crippen molar-refractivity contribution < 1.29 is 14.8 Å². The molecule has 0 aliphatic heterocycles. The lowest BCUT2D eigenvalue weighted by atomic mass is 9.90. The van der Waals surface area contributed by atoms with Gasteiger partial charge in [0.05, 0.1) is 0 Å². The summed E-state index contributed by atoms with van der Waals surface area (Å²) in [6.45, 7) is 4.00. The van der Waals surface area contributed by atoms with Gasteiger partial charge in [-0.2, -0.15) is 0 Å². The van der Waals surface area contributed by atoms with Gasteiger partial charge in [-0.1, -0.05) is 19.9 Å². The molecular formula is C19H27N3O3. The largest absolute Gasteiger partial charge is 0.364 e. The molecule has 0 saturated heterocycles. The first kappa shape index (κ1) is 20.4. The number of amides is 2. The van der Waals surface area contributed by atoms with Gasteiger partial charge in [0, 0.05) is 18.8 Å². The zero-order chi connectivity index (χ0) is 18.8. The van der Waals surface area contributed by atoms with Crippen LogP contribution in [0.2, 0.25) is 0 Å². The predicted octanol–water partition coefficient (Wildman–Crippen LogP) is 2.83. The highest BCUT2D eigenvalue weighted by molar-refractivity contribution is 5.93. The Hall–Kier alpha value is -2.60. The third-order valence-corrected chi connectivity index (χ3v) is 3.91. The first-order valence-electron chi connectivity index (χ1n) is 8.50. The third kappa shape index (κ3) is 5.76. The number of benzene rings is 1. The van der Waals surface area contributed by atoms with Crippen molar-refractivity contribution in [3.63, 3.8) is 0 Å². The van der Waals surface area contributed by atoms with Crippen LogP contribution < -0.4 is 11.2 Å². The highest BCUT2D eigenvalue weighted by Gasteiger charge is 2.11. The Morgan fingerprint density at radius 1 is 1.12 bits per heavy atom. The Kier molecular flexibility index (Phi) is 8.43. The van der Waals surface area contributed by atoms with E-state index in [0.29, 0.717) is 11.3 Å². The van der Waals surface area contributed by atoms with E-state index in [9.17, 15) is 9.59 Å². The number of hydrogen-bond acceptors (Lipinski definition) is 3. The third-order valence-electron chi connectivity index (χ3n) is 3.91. The molecule has 0 radical (unpaired) electrons. The minimum Gasteiger partial charge on any atom is -0.364 e. The van der Waals surface area contributed by atoms with Gasteiger partial charge in [-0.3, -0.25) is 14.8 Å². The van der Waals surface area contributed by atoms with Crippen molar-refractivity contribution in [3.05, 3.63) is 58.9 Å². The van der Waals surface area contributed by atoms with Gasteiger partial charge in [0.2, 0.25) is 0 Å². The van der Waals surface area contributed by atoms with Crippen LogP contribution in [0.15, 0.2) is 36.5 Å². The standard InChI is InChI=1S/C11H13NO2.C6H8N2O.C2H6/c13-11(12-14)10-6-5-8-3-1-2-4-9(8)7-10;1-8-4-2-3-5(8)6(7)9;1-2/h5-7,14H,1-4H2,(H,12,13);2-4H,1H3,(H2,7,9);1-2H3. The van der Waals surface area contributed by atoms with Gasteiger partial charge in [-0.25, -0.2) is 5.48 Å². The summed E-state index contributed by atoms with van der Waals surface area (Å²) in [5.74, 6) is -0.819. The summed E-state index contributed by atoms with van der Waals surface area (Å²) in [5, 5.41) is 8.49. The lowest BCUT2D eigenvalue weighted by Gasteiger charge is -2.15. The summed E-state index contributed by atoms with van der Waals surface area (Å²) in [6, 6.07) is 9.08. The molecule has 1 heterocycles. The van der Waals surface area contributed by atoms with Crippen molar-refractivity contribution in [2.75, 3.05) is 0 Å². The number of fused-ring (bicyclic) bond motifs is 1. The molecule has 1 aromatic heterocycles. The number of primary amides is 1. The molecule has 0 spiro atoms. The summed E-state index contributed by atoms with van der Waals surface area (Å²) in [6.07, 6.45) is 6.36. The number of carbonyl (C=O) groups excluding carboxylic acids is 2. The van der Waals surface area contributed by atoms with Crippen molar-refractivity contribution in [2.45, 2.75) is 39.5 Å². The highest BCUT2D eigenvalue weighted by atomic mass is 16.5. The van der Waals surface area contributed by atoms with E-state index >= 15 is 0 Å². The number of carbonyl (C=O) groups is 2. The second-order valence-corrected chi connectivity index (χ2v) is 5.50. The van der Waals surface area contributed by atoms with Crippen LogP contribution in [0.3, 0.4) is 0 Å². The number of hydroxylamine groups is 1. The molecule has 0 bridgehead atoms. The number of aryl methyl sites for hydroxylation is 3. The molecule has 4 N–H and O–H groups in total. The number of hydrogen-bond donors (Lipinski definition) is 3. The van der Waals surface area contributed by atoms with Crippen LogP contribution in [0, 0.1) is 0 Å². The van der Waals surface area contributed by atoms with Gasteiger partial charge < -0.3 is 10.3 Å². The Balaban J connectivity index is 0.000000246. The normalized spacial score (nSPS) is 11.8. The molecular weight excluding hydrogens is 318 g/mol. The number of nitrogens with one attached hydrogen (secondary N) is 1. The Bertz CT molecular complexity index is 708. The SMILES string of the molecule is CC.Cn1cccc1C(N)=O.O=C(NO)c1ccc2c(c1)CCCC2. The Morgan fingerprint density at radius 3 is 2.24 bits per heavy atom. The van der Waals surface area contributed by atoms with E-state index < -0.39 is 5.91 Å². The van der Waals surface area contributed by atoms with Gasteiger partial charge in [0.1, 0.15) is 5.69 Å². The predicted molar refractivity (Wildman–Crippen MR) is 97.6 cm³/mol. The quantitative estimate of drug-likeness (QED) is 0.576. The fourth-order valence-corrected chi connectivity index (χ4v) is 2.66. The average molecular weight is 345 g/mol. The maximum absolute atomic E-state index is 11.1. The minimum atomic E-state index is -0.432. The molecule has 6 heteroatoms. The maximum Gasteiger partial charge on any atom is 0.274 e. The Morgan fingerprint density at radius 2 is 1.76 bits per heavy atom. The van der Waals surface area contributed by atoms with Crippen LogP contribution in [-0.2, 0) is 19.9 Å². The van der Waals surface area contributed by atoms with Crippen molar-refractivity contribution in [2.24, 2.45) is 12.8 Å². The number of nitrogens with zero attached hydrogens (tertiary/aromatic N) is 1. The molecule has 1 aliphatic carbocycles. The molecule has 0 fully saturated rings. The second kappa shape index (κ2) is 10.3. The molecule has 0 unspecified atom stereocenters. The second-order valence-electron chi connectivity index (χ2n) is 5.50. The van der Waals surface area contributed by atoms with E-state index in [0.717, 1.165) is 12.8 Å². The van der Waals surface area contributed by atoms with Gasteiger partial charge >= 0.3 is 0 Å². The van der Waals surface area contributed by atoms with Crippen LogP contribution in [0.1, 0.15) is 58.7 Å². The van der Waals surface area contributed by atoms with E-state index in [-0.39, 0.29) is 5.91 Å². The van der Waals surface area contributed by atoms with Crippen molar-refractivity contribution >= 4 is 11.8 Å². The lowest BCUT2D eigenvalue weighted by molar-refractivity contribution is 0.0706. The first-order valence-corrected chi connectivity index (χ1v) is 8.50. The van der Waals surface area contributed by atoms with Crippen LogP contribution in [-0.4, -0.2) is 21.6 Å². The van der Waals surface area contributed by atoms with E-state index in [1.165, 1.54) is 24.0 Å². The smallest absolute Gasteiger partial charge is 0.274 e. The Labute approximate surface area is 148 Å². The van der Waals surface area contributed by atoms with Gasteiger partial charge in [-0.15, -0.1) is 0 Å². The zero-order valence-corrected chi connectivity index (χ0v) is 15.1. The fourth-order valence-electron chi connectivity index (χ4n) is 2.66. The number of aromatic nitrogens is 1. The van der Waals surface area contributed by atoms with E-state index in [2.05, 4.69) is 0 Å². The minimum absolute atomic E-state index is 0.387. The summed E-state index contributed by atoms with van der Waals surface area (Å²) < 4.78 is 1.68. The van der Waals surface area contributed by atoms with Gasteiger partial charge in [0.15, 0.2) is 0 Å². The highest BCUT2D eigenvalue weighted by Crippen LogP contribution is 2.22. The van der Waals surface area contributed by atoms with Crippen LogP contribution in [0.4, 0.5) is 0 Å². The molecule has 0 saturated carbocycles. The first-order chi connectivity index (χ1) is 12.0. The molecule has 6 nitrogen and oxygen atoms in total. The molecule has 2 aromatic rings. The zero-order valence-electron chi connectivity index (χ0n) is 15.1. The molecule has 3 rings (SSSR count). The van der Waals surface area contributed by atoms with Crippen LogP contribution >= 0.6 is 0 Å². The fraction of sp³-hybridized carbons (Fsp3) is 0.368. The van der Waals surface area contributed by atoms with E-state index in [1.807, 2.05) is 26.0 Å². The van der Waals surface area contributed by atoms with Crippen LogP contribution in [0.5, 0.6) is 0 Å². The van der Waals surface area contributed by atoms with Crippen molar-refractivity contribution in [1.29, 1.82) is 0 Å². The van der Waals surface area contributed by atoms with Crippen molar-refractivity contribution in [1.82, 2.24) is 10.0 Å². The lowest BCUT2D eigenvalue weighted by Crippen LogP contribution is -2.19. The molecule has 1 aromatic carbocycles. The van der Waals surface area contributed by atoms with E-state index in [4.69, 9.17) is 10.9 Å². The van der Waals surface area contributed by atoms with Crippen LogP contribution in [0.25, 0.3) is 0 Å². The number of rotatable bonds is 2. The summed E-state index contributed by atoms with van der Waals surface area (Å²) in [5.41, 5.74) is 10.3. The van der Waals surface area contributed by atoms with Gasteiger partial charge in [-0.05, 0) is 61.1 Å². The molecule has 136 valence electrons. The summed E-state index contributed by atoms with van der Waals surface area (Å²) >= 11 is 0. The monoisotopic (exact) mass is 345 g/mol. The van der Waals surface area contributed by atoms with Crippen molar-refractivity contribution in [3.8, 4) is 0 Å². The van der Waals surface area contributed by atoms with Gasteiger partial charge in [0.25, 0.3) is 11.8 Å². The molecule has 1 aliphatic rings. The molecule has 0 atom stereocenters. The molecule has 2 amide bonds. The number of nitrogens with two attached hydrogens (primary N) is 1. The summed E-state index contributed by atoms with van der Waals surface area (Å²) in [7, 11) is 1.78. The average Bonchev–Trinajstić information content (AvgIpc) is 3.09. The van der Waals surface area contributed by atoms with E-state index in [1.54, 1.807) is 41.5 Å².